The molecule has 2 aromatic heterocycles. The van der Waals surface area contributed by atoms with Crippen LogP contribution in [0.25, 0.3) is 21.8 Å². The van der Waals surface area contributed by atoms with E-state index in [0.29, 0.717) is 49.6 Å². The van der Waals surface area contributed by atoms with Crippen molar-refractivity contribution >= 4 is 33.4 Å². The fourth-order valence-electron chi connectivity index (χ4n) is 3.09. The van der Waals surface area contributed by atoms with Gasteiger partial charge in [-0.1, -0.05) is 24.3 Å². The quantitative estimate of drug-likeness (QED) is 0.444. The molecule has 7 heteroatoms. The van der Waals surface area contributed by atoms with Crippen LogP contribution in [0.1, 0.15) is 0 Å². The highest BCUT2D eigenvalue weighted by molar-refractivity contribution is 5.87. The number of fused-ring (bicyclic) bond motifs is 2. The predicted octanol–water partition coefficient (Wildman–Crippen LogP) is 3.42. The van der Waals surface area contributed by atoms with Crippen LogP contribution in [-0.2, 0) is 4.74 Å². The summed E-state index contributed by atoms with van der Waals surface area (Å²) in [4.78, 5) is 8.60. The molecule has 0 aliphatic rings. The van der Waals surface area contributed by atoms with Gasteiger partial charge in [0.1, 0.15) is 36.3 Å². The smallest absolute Gasteiger partial charge is 0.132 e. The lowest BCUT2D eigenvalue weighted by Crippen LogP contribution is -2.12. The molecule has 0 aliphatic heterocycles. The Bertz CT molecular complexity index is 1040. The Hall–Kier alpha value is -3.58. The van der Waals surface area contributed by atoms with E-state index in [2.05, 4.69) is 9.97 Å². The topological polar surface area (TPSA) is 106 Å². The number of para-hydroxylation sites is 2. The highest BCUT2D eigenvalue weighted by Crippen LogP contribution is 2.27. The molecule has 0 aliphatic carbocycles. The molecule has 4 rings (SSSR count). The highest BCUT2D eigenvalue weighted by Gasteiger charge is 2.06. The largest absolute Gasteiger partial charge is 0.490 e. The molecule has 148 valence electrons. The van der Waals surface area contributed by atoms with Crippen LogP contribution in [0.2, 0.25) is 0 Å². The lowest BCUT2D eigenvalue weighted by Gasteiger charge is -2.12. The molecule has 29 heavy (non-hydrogen) atoms. The van der Waals surface area contributed by atoms with Gasteiger partial charge in [0.25, 0.3) is 0 Å². The molecule has 0 fully saturated rings. The van der Waals surface area contributed by atoms with Crippen LogP contribution in [0.4, 0.5) is 11.6 Å². The lowest BCUT2D eigenvalue weighted by atomic mass is 10.2. The molecule has 2 heterocycles. The normalized spacial score (nSPS) is 11.0. The van der Waals surface area contributed by atoms with Gasteiger partial charge >= 0.3 is 0 Å². The first-order valence-corrected chi connectivity index (χ1v) is 9.34. The van der Waals surface area contributed by atoms with Gasteiger partial charge in [0.15, 0.2) is 0 Å². The summed E-state index contributed by atoms with van der Waals surface area (Å²) in [5, 5.41) is 1.85. The van der Waals surface area contributed by atoms with E-state index in [-0.39, 0.29) is 0 Å². The van der Waals surface area contributed by atoms with E-state index in [9.17, 15) is 0 Å². The molecule has 4 N–H and O–H groups in total. The molecule has 0 bridgehead atoms. The third-order valence-electron chi connectivity index (χ3n) is 4.37. The lowest BCUT2D eigenvalue weighted by molar-refractivity contribution is 0.0771. The summed E-state index contributed by atoms with van der Waals surface area (Å²) in [7, 11) is 0. The van der Waals surface area contributed by atoms with Crippen molar-refractivity contribution in [2.24, 2.45) is 0 Å². The molecule has 2 aromatic carbocycles. The molecule has 0 atom stereocenters. The fourth-order valence-corrected chi connectivity index (χ4v) is 3.09. The maximum atomic E-state index is 5.85. The van der Waals surface area contributed by atoms with Crippen LogP contribution in [0.5, 0.6) is 11.5 Å². The predicted molar refractivity (Wildman–Crippen MR) is 114 cm³/mol. The summed E-state index contributed by atoms with van der Waals surface area (Å²) >= 11 is 0. The minimum Gasteiger partial charge on any atom is -0.490 e. The van der Waals surface area contributed by atoms with Crippen LogP contribution in [-0.4, -0.2) is 36.4 Å². The van der Waals surface area contributed by atoms with E-state index < -0.39 is 0 Å². The Labute approximate surface area is 168 Å². The number of pyridine rings is 2. The van der Waals surface area contributed by atoms with Crippen molar-refractivity contribution in [3.05, 3.63) is 60.7 Å². The van der Waals surface area contributed by atoms with Crippen LogP contribution in [0, 0.1) is 0 Å². The third kappa shape index (κ3) is 4.47. The van der Waals surface area contributed by atoms with Crippen LogP contribution in [0.15, 0.2) is 60.7 Å². The summed E-state index contributed by atoms with van der Waals surface area (Å²) < 4.78 is 17.3. The van der Waals surface area contributed by atoms with Crippen molar-refractivity contribution in [1.29, 1.82) is 0 Å². The highest BCUT2D eigenvalue weighted by atomic mass is 16.5. The van der Waals surface area contributed by atoms with Gasteiger partial charge in [-0.15, -0.1) is 0 Å². The molecule has 0 unspecified atom stereocenters. The summed E-state index contributed by atoms with van der Waals surface area (Å²) in [5.74, 6) is 2.26. The second-order valence-corrected chi connectivity index (χ2v) is 6.43. The van der Waals surface area contributed by atoms with E-state index in [1.54, 1.807) is 12.1 Å². The summed E-state index contributed by atoms with van der Waals surface area (Å²) in [6, 6.07) is 18.9. The first kappa shape index (κ1) is 18.8. The van der Waals surface area contributed by atoms with Crippen molar-refractivity contribution in [2.75, 3.05) is 37.9 Å². The number of hydrogen-bond donors (Lipinski definition) is 2. The maximum Gasteiger partial charge on any atom is 0.132 e. The van der Waals surface area contributed by atoms with Crippen molar-refractivity contribution in [2.45, 2.75) is 0 Å². The molecular weight excluding hydrogens is 368 g/mol. The van der Waals surface area contributed by atoms with Crippen molar-refractivity contribution in [3.63, 3.8) is 0 Å². The van der Waals surface area contributed by atoms with Gasteiger partial charge < -0.3 is 25.7 Å². The van der Waals surface area contributed by atoms with Gasteiger partial charge in [0, 0.05) is 22.9 Å². The maximum absolute atomic E-state index is 5.85. The Morgan fingerprint density at radius 3 is 1.55 bits per heavy atom. The number of ether oxygens (including phenoxy) is 3. The van der Waals surface area contributed by atoms with Crippen molar-refractivity contribution in [1.82, 2.24) is 9.97 Å². The van der Waals surface area contributed by atoms with Gasteiger partial charge in [0.2, 0.25) is 0 Å². The fraction of sp³-hybridized carbons (Fsp3) is 0.182. The second-order valence-electron chi connectivity index (χ2n) is 6.43. The van der Waals surface area contributed by atoms with Crippen LogP contribution in [0.3, 0.4) is 0 Å². The summed E-state index contributed by atoms with van der Waals surface area (Å²) in [6.45, 7) is 1.66. The Kier molecular flexibility index (Phi) is 5.58. The van der Waals surface area contributed by atoms with Crippen LogP contribution >= 0.6 is 0 Å². The average Bonchev–Trinajstić information content (AvgIpc) is 2.72. The molecule has 7 nitrogen and oxygen atoms in total. The van der Waals surface area contributed by atoms with Gasteiger partial charge in [-0.05, 0) is 24.3 Å². The van der Waals surface area contributed by atoms with E-state index in [0.717, 1.165) is 21.8 Å². The minimum atomic E-state index is 0.401. The molecule has 0 radical (unpaired) electrons. The number of nitrogens with zero attached hydrogens (tertiary/aromatic N) is 2. The Morgan fingerprint density at radius 2 is 1.07 bits per heavy atom. The first-order chi connectivity index (χ1) is 14.2. The number of anilines is 2. The summed E-state index contributed by atoms with van der Waals surface area (Å²) in [6.07, 6.45) is 0. The van der Waals surface area contributed by atoms with Crippen molar-refractivity contribution < 1.29 is 14.2 Å². The van der Waals surface area contributed by atoms with Crippen molar-refractivity contribution in [3.8, 4) is 11.5 Å². The minimum absolute atomic E-state index is 0.401. The van der Waals surface area contributed by atoms with E-state index in [4.69, 9.17) is 25.7 Å². The summed E-state index contributed by atoms with van der Waals surface area (Å²) in [5.41, 5.74) is 13.3. The standard InChI is InChI=1S/C22H22N4O3/c23-21-13-19(15-5-1-3-7-17(15)25-21)28-11-9-27-10-12-29-20-14-22(24)26-18-8-4-2-6-16(18)20/h1-8,13-14H,9-12H2,(H2,23,25)(H2,24,26). The van der Waals surface area contributed by atoms with Gasteiger partial charge in [-0.3, -0.25) is 0 Å². The number of aromatic nitrogens is 2. The number of nitrogens with two attached hydrogens (primary N) is 2. The zero-order valence-corrected chi connectivity index (χ0v) is 15.9. The van der Waals surface area contributed by atoms with Crippen LogP contribution < -0.4 is 20.9 Å². The SMILES string of the molecule is Nc1cc(OCCOCCOc2cc(N)nc3ccccc23)c2ccccc2n1. The monoisotopic (exact) mass is 390 g/mol. The molecule has 0 saturated carbocycles. The van der Waals surface area contributed by atoms with Gasteiger partial charge in [-0.25, -0.2) is 9.97 Å². The Balaban J connectivity index is 1.25. The molecule has 0 spiro atoms. The Morgan fingerprint density at radius 1 is 0.621 bits per heavy atom. The zero-order chi connectivity index (χ0) is 20.1. The van der Waals surface area contributed by atoms with E-state index in [1.807, 2.05) is 48.5 Å². The zero-order valence-electron chi connectivity index (χ0n) is 15.9. The number of hydrogen-bond acceptors (Lipinski definition) is 7. The molecule has 4 aromatic rings. The third-order valence-corrected chi connectivity index (χ3v) is 4.37. The number of benzene rings is 2. The van der Waals surface area contributed by atoms with E-state index in [1.165, 1.54) is 0 Å². The molecule has 0 saturated heterocycles. The second kappa shape index (κ2) is 8.62. The molecular formula is C22H22N4O3. The number of rotatable bonds is 8. The molecule has 0 amide bonds. The average molecular weight is 390 g/mol. The van der Waals surface area contributed by atoms with Gasteiger partial charge in [-0.2, -0.15) is 0 Å². The number of nitrogen functional groups attached to an aromatic ring is 2. The van der Waals surface area contributed by atoms with Gasteiger partial charge in [0.05, 0.1) is 24.2 Å². The van der Waals surface area contributed by atoms with E-state index >= 15 is 0 Å². The first-order valence-electron chi connectivity index (χ1n) is 9.34.